The number of aryl methyl sites for hydroxylation is 3. The number of aromatic nitrogens is 5. The molecule has 2 amide bonds. The van der Waals surface area contributed by atoms with E-state index in [-0.39, 0.29) is 22.5 Å². The van der Waals surface area contributed by atoms with Gasteiger partial charge < -0.3 is 11.1 Å². The quantitative estimate of drug-likeness (QED) is 0.321. The number of hydrogen-bond acceptors (Lipinski definition) is 5. The van der Waals surface area contributed by atoms with Crippen LogP contribution in [-0.4, -0.2) is 35.5 Å². The molecule has 0 aliphatic heterocycles. The van der Waals surface area contributed by atoms with Crippen molar-refractivity contribution in [3.05, 3.63) is 99.7 Å². The summed E-state index contributed by atoms with van der Waals surface area (Å²) in [5, 5.41) is 6.65. The zero-order chi connectivity index (χ0) is 29.6. The SMILES string of the molecule is CCc1c(-c2ccc(-n3c(C)nn(C)c3=O)cc2)cc2cc(C(F)(F)F)nc(C(=O)Nc3cccc(C(N)=O)c3)n12. The molecular formula is C28H24F3N7O3. The van der Waals surface area contributed by atoms with E-state index in [0.29, 0.717) is 34.8 Å². The van der Waals surface area contributed by atoms with Gasteiger partial charge in [-0.2, -0.15) is 18.3 Å². The minimum absolute atomic E-state index is 0.120. The van der Waals surface area contributed by atoms with E-state index in [0.717, 1.165) is 6.07 Å². The summed E-state index contributed by atoms with van der Waals surface area (Å²) in [6.07, 6.45) is -4.45. The van der Waals surface area contributed by atoms with E-state index in [1.807, 2.05) is 6.92 Å². The Balaban J connectivity index is 1.63. The number of halogens is 3. The second kappa shape index (κ2) is 10.1. The fourth-order valence-electron chi connectivity index (χ4n) is 4.77. The summed E-state index contributed by atoms with van der Waals surface area (Å²) < 4.78 is 45.5. The molecular weight excluding hydrogens is 539 g/mol. The second-order valence-electron chi connectivity index (χ2n) is 9.32. The Kier molecular flexibility index (Phi) is 6.73. The maximum atomic E-state index is 13.8. The van der Waals surface area contributed by atoms with Crippen LogP contribution in [0.25, 0.3) is 22.3 Å². The van der Waals surface area contributed by atoms with E-state index in [1.54, 1.807) is 44.3 Å². The van der Waals surface area contributed by atoms with Gasteiger partial charge in [0.1, 0.15) is 11.5 Å². The molecule has 0 radical (unpaired) electrons. The van der Waals surface area contributed by atoms with Crippen LogP contribution in [0.1, 0.15) is 45.1 Å². The number of carbonyl (C=O) groups excluding carboxylic acids is 2. The Morgan fingerprint density at radius 1 is 1.05 bits per heavy atom. The molecule has 0 saturated heterocycles. The molecule has 2 aromatic carbocycles. The van der Waals surface area contributed by atoms with E-state index in [2.05, 4.69) is 15.4 Å². The lowest BCUT2D eigenvalue weighted by Crippen LogP contribution is -2.22. The van der Waals surface area contributed by atoms with Crippen molar-refractivity contribution in [1.29, 1.82) is 0 Å². The fraction of sp³-hybridized carbons (Fsp3) is 0.179. The zero-order valence-electron chi connectivity index (χ0n) is 22.2. The highest BCUT2D eigenvalue weighted by Crippen LogP contribution is 2.34. The zero-order valence-corrected chi connectivity index (χ0v) is 22.2. The van der Waals surface area contributed by atoms with Gasteiger partial charge in [-0.15, -0.1) is 0 Å². The van der Waals surface area contributed by atoms with Gasteiger partial charge in [-0.1, -0.05) is 25.1 Å². The molecule has 0 atom stereocenters. The summed E-state index contributed by atoms with van der Waals surface area (Å²) in [4.78, 5) is 41.1. The molecule has 0 fully saturated rings. The van der Waals surface area contributed by atoms with Crippen LogP contribution in [0.3, 0.4) is 0 Å². The summed E-state index contributed by atoms with van der Waals surface area (Å²) >= 11 is 0. The third-order valence-corrected chi connectivity index (χ3v) is 6.61. The standard InChI is InChI=1S/C28H24F3N7O3/c1-4-22-21(16-8-10-19(11-9-16)37-15(2)35-36(3)27(37)41)13-20-14-23(28(29,30)31)34-25(38(20)22)26(40)33-18-7-5-6-17(12-18)24(32)39/h5-14H,4H2,1-3H3,(H2,32,39)(H,33,40). The number of primary amides is 1. The van der Waals surface area contributed by atoms with Crippen molar-refractivity contribution in [3.8, 4) is 16.8 Å². The van der Waals surface area contributed by atoms with Crippen molar-refractivity contribution in [1.82, 2.24) is 23.7 Å². The Bertz CT molecular complexity index is 1880. The molecule has 0 aliphatic carbocycles. The Labute approximate surface area is 230 Å². The van der Waals surface area contributed by atoms with E-state index >= 15 is 0 Å². The van der Waals surface area contributed by atoms with Crippen molar-refractivity contribution in [3.63, 3.8) is 0 Å². The minimum atomic E-state index is -4.81. The van der Waals surface area contributed by atoms with E-state index in [9.17, 15) is 27.6 Å². The average molecular weight is 564 g/mol. The molecule has 0 saturated carbocycles. The molecule has 10 nitrogen and oxygen atoms in total. The summed E-state index contributed by atoms with van der Waals surface area (Å²) in [5.41, 5.74) is 6.56. The molecule has 3 aromatic heterocycles. The first-order valence-corrected chi connectivity index (χ1v) is 12.5. The third-order valence-electron chi connectivity index (χ3n) is 6.61. The lowest BCUT2D eigenvalue weighted by molar-refractivity contribution is -0.141. The molecule has 5 aromatic rings. The van der Waals surface area contributed by atoms with Crippen LogP contribution in [0.15, 0.2) is 65.5 Å². The van der Waals surface area contributed by atoms with Crippen LogP contribution < -0.4 is 16.7 Å². The van der Waals surface area contributed by atoms with Gasteiger partial charge in [0.15, 0.2) is 0 Å². The number of alkyl halides is 3. The van der Waals surface area contributed by atoms with Crippen LogP contribution in [-0.2, 0) is 19.6 Å². The number of rotatable bonds is 6. The topological polar surface area (TPSA) is 129 Å². The first-order chi connectivity index (χ1) is 19.4. The molecule has 0 spiro atoms. The molecule has 5 rings (SSSR count). The van der Waals surface area contributed by atoms with E-state index in [1.165, 1.54) is 37.9 Å². The Morgan fingerprint density at radius 3 is 2.34 bits per heavy atom. The molecule has 0 bridgehead atoms. The van der Waals surface area contributed by atoms with Gasteiger partial charge >= 0.3 is 11.9 Å². The van der Waals surface area contributed by atoms with Gasteiger partial charge in [-0.05, 0) is 61.4 Å². The van der Waals surface area contributed by atoms with Gasteiger partial charge in [0.05, 0.1) is 11.2 Å². The summed E-state index contributed by atoms with van der Waals surface area (Å²) in [7, 11) is 1.55. The highest BCUT2D eigenvalue weighted by molar-refractivity contribution is 6.03. The lowest BCUT2D eigenvalue weighted by atomic mass is 10.0. The van der Waals surface area contributed by atoms with Crippen molar-refractivity contribution in [2.45, 2.75) is 26.4 Å². The average Bonchev–Trinajstić information content (AvgIpc) is 3.43. The summed E-state index contributed by atoms with van der Waals surface area (Å²) in [6, 6.07) is 15.1. The largest absolute Gasteiger partial charge is 0.433 e. The number of benzene rings is 2. The van der Waals surface area contributed by atoms with Crippen molar-refractivity contribution in [2.75, 3.05) is 5.32 Å². The van der Waals surface area contributed by atoms with Crippen LogP contribution in [0.4, 0.5) is 18.9 Å². The van der Waals surface area contributed by atoms with Gasteiger partial charge in [0, 0.05) is 29.6 Å². The molecule has 3 N–H and O–H groups in total. The first kappa shape index (κ1) is 27.4. The molecule has 210 valence electrons. The number of nitrogens with zero attached hydrogens (tertiary/aromatic N) is 5. The number of nitrogens with two attached hydrogens (primary N) is 1. The van der Waals surface area contributed by atoms with E-state index < -0.39 is 29.5 Å². The predicted octanol–water partition coefficient (Wildman–Crippen LogP) is 4.13. The Hall–Kier alpha value is -5.20. The van der Waals surface area contributed by atoms with Crippen LogP contribution in [0.2, 0.25) is 0 Å². The summed E-state index contributed by atoms with van der Waals surface area (Å²) in [6.45, 7) is 3.51. The molecule has 0 unspecified atom stereocenters. The maximum Gasteiger partial charge on any atom is 0.433 e. The number of carbonyl (C=O) groups is 2. The van der Waals surface area contributed by atoms with Crippen LogP contribution >= 0.6 is 0 Å². The number of anilines is 1. The number of hydrogen-bond donors (Lipinski definition) is 2. The van der Waals surface area contributed by atoms with Crippen LogP contribution in [0.5, 0.6) is 0 Å². The first-order valence-electron chi connectivity index (χ1n) is 12.5. The van der Waals surface area contributed by atoms with Crippen molar-refractivity contribution < 1.29 is 22.8 Å². The Morgan fingerprint density at radius 2 is 1.76 bits per heavy atom. The summed E-state index contributed by atoms with van der Waals surface area (Å²) in [5.74, 6) is -1.60. The fourth-order valence-corrected chi connectivity index (χ4v) is 4.77. The van der Waals surface area contributed by atoms with Gasteiger partial charge in [0.25, 0.3) is 5.91 Å². The highest BCUT2D eigenvalue weighted by Gasteiger charge is 2.35. The highest BCUT2D eigenvalue weighted by atomic mass is 19.4. The number of fused-ring (bicyclic) bond motifs is 1. The molecule has 3 heterocycles. The normalized spacial score (nSPS) is 11.7. The van der Waals surface area contributed by atoms with Gasteiger partial charge in [-0.25, -0.2) is 19.0 Å². The predicted molar refractivity (Wildman–Crippen MR) is 145 cm³/mol. The molecule has 41 heavy (non-hydrogen) atoms. The van der Waals surface area contributed by atoms with Crippen molar-refractivity contribution >= 4 is 23.0 Å². The molecule has 13 heteroatoms. The third kappa shape index (κ3) is 4.97. The number of amides is 2. The monoisotopic (exact) mass is 563 g/mol. The van der Waals surface area contributed by atoms with Crippen molar-refractivity contribution in [2.24, 2.45) is 12.8 Å². The van der Waals surface area contributed by atoms with Gasteiger partial charge in [0.2, 0.25) is 11.7 Å². The second-order valence-corrected chi connectivity index (χ2v) is 9.32. The minimum Gasteiger partial charge on any atom is -0.366 e. The maximum absolute atomic E-state index is 13.8. The lowest BCUT2D eigenvalue weighted by Gasteiger charge is -2.14. The van der Waals surface area contributed by atoms with Crippen LogP contribution in [0, 0.1) is 6.92 Å². The molecule has 0 aliphatic rings. The number of nitrogens with one attached hydrogen (secondary N) is 1. The van der Waals surface area contributed by atoms with E-state index in [4.69, 9.17) is 5.73 Å². The van der Waals surface area contributed by atoms with Gasteiger partial charge in [-0.3, -0.25) is 14.0 Å². The smallest absolute Gasteiger partial charge is 0.366 e.